The lowest BCUT2D eigenvalue weighted by atomic mass is 9.94. The molecule has 31 heavy (non-hydrogen) atoms. The second-order valence-corrected chi connectivity index (χ2v) is 9.58. The minimum atomic E-state index is -0.275. The molecule has 1 unspecified atom stereocenters. The Labute approximate surface area is 182 Å². The number of carbonyl (C=O) groups is 3. The largest absolute Gasteiger partial charge is 0.454 e. The summed E-state index contributed by atoms with van der Waals surface area (Å²) >= 11 is 0. The number of amides is 3. The number of hydrogen-bond acceptors (Lipinski definition) is 5. The monoisotopic (exact) mass is 429 g/mol. The van der Waals surface area contributed by atoms with Crippen molar-refractivity contribution in [2.24, 2.45) is 11.8 Å². The zero-order valence-corrected chi connectivity index (χ0v) is 18.5. The van der Waals surface area contributed by atoms with E-state index in [9.17, 15) is 14.4 Å². The Bertz CT molecular complexity index is 870. The molecule has 3 aliphatic rings. The van der Waals surface area contributed by atoms with Crippen molar-refractivity contribution < 1.29 is 23.9 Å². The lowest BCUT2D eigenvalue weighted by Gasteiger charge is -2.34. The molecule has 4 rings (SSSR count). The van der Waals surface area contributed by atoms with Gasteiger partial charge in [-0.15, -0.1) is 0 Å². The maximum atomic E-state index is 12.9. The van der Waals surface area contributed by atoms with E-state index in [2.05, 4.69) is 5.32 Å². The molecule has 3 amide bonds. The molecule has 0 radical (unpaired) electrons. The number of rotatable bonds is 4. The highest BCUT2D eigenvalue weighted by molar-refractivity contribution is 5.90. The minimum Gasteiger partial charge on any atom is -0.454 e. The number of nitrogens with zero attached hydrogens (tertiary/aromatic N) is 2. The summed E-state index contributed by atoms with van der Waals surface area (Å²) in [6.07, 6.45) is 1.57. The van der Waals surface area contributed by atoms with Crippen LogP contribution in [0.1, 0.15) is 45.6 Å². The normalized spacial score (nSPS) is 21.5. The zero-order valence-electron chi connectivity index (χ0n) is 18.5. The minimum absolute atomic E-state index is 0.0136. The van der Waals surface area contributed by atoms with Crippen LogP contribution in [-0.2, 0) is 20.9 Å². The molecule has 2 fully saturated rings. The van der Waals surface area contributed by atoms with Gasteiger partial charge in [-0.25, -0.2) is 0 Å². The first-order chi connectivity index (χ1) is 14.7. The number of benzene rings is 1. The first-order valence-electron chi connectivity index (χ1n) is 11.0. The highest BCUT2D eigenvalue weighted by atomic mass is 16.7. The van der Waals surface area contributed by atoms with Crippen molar-refractivity contribution in [1.82, 2.24) is 15.1 Å². The molecule has 0 spiro atoms. The van der Waals surface area contributed by atoms with Gasteiger partial charge in [0, 0.05) is 44.1 Å². The molecule has 0 aliphatic carbocycles. The molecular weight excluding hydrogens is 398 g/mol. The smallest absolute Gasteiger partial charge is 0.231 e. The molecule has 1 aromatic carbocycles. The molecule has 0 bridgehead atoms. The number of piperidine rings is 1. The van der Waals surface area contributed by atoms with Gasteiger partial charge in [-0.1, -0.05) is 6.07 Å². The lowest BCUT2D eigenvalue weighted by molar-refractivity contribution is -0.139. The van der Waals surface area contributed by atoms with Gasteiger partial charge in [0.15, 0.2) is 11.5 Å². The summed E-state index contributed by atoms with van der Waals surface area (Å²) in [6, 6.07) is 5.65. The molecule has 2 saturated heterocycles. The Kier molecular flexibility index (Phi) is 5.81. The Morgan fingerprint density at radius 3 is 2.48 bits per heavy atom. The molecule has 1 aromatic rings. The van der Waals surface area contributed by atoms with Crippen molar-refractivity contribution in [2.75, 3.05) is 26.4 Å². The van der Waals surface area contributed by atoms with Crippen molar-refractivity contribution in [3.8, 4) is 11.5 Å². The van der Waals surface area contributed by atoms with Gasteiger partial charge in [-0.3, -0.25) is 14.4 Å². The van der Waals surface area contributed by atoms with Gasteiger partial charge in [0.2, 0.25) is 24.5 Å². The van der Waals surface area contributed by atoms with Crippen LogP contribution in [0.2, 0.25) is 0 Å². The summed E-state index contributed by atoms with van der Waals surface area (Å²) in [5.74, 6) is 1.15. The van der Waals surface area contributed by atoms with Crippen LogP contribution in [0.15, 0.2) is 18.2 Å². The van der Waals surface area contributed by atoms with E-state index in [4.69, 9.17) is 9.47 Å². The average molecular weight is 430 g/mol. The molecular formula is C23H31N3O5. The number of hydrogen-bond donors (Lipinski definition) is 1. The standard InChI is InChI=1S/C23H31N3O5/c1-23(2,3)26-13-17(11-20(26)27)22(29)25-8-6-16(7-9-25)21(28)24-12-15-4-5-18-19(10-15)31-14-30-18/h4-5,10,16-17H,6-9,11-14H2,1-3H3,(H,24,28). The third-order valence-corrected chi connectivity index (χ3v) is 6.37. The van der Waals surface area contributed by atoms with Crippen LogP contribution in [0.5, 0.6) is 11.5 Å². The topological polar surface area (TPSA) is 88.2 Å². The Hall–Kier alpha value is -2.77. The van der Waals surface area contributed by atoms with E-state index in [1.54, 1.807) is 4.90 Å². The molecule has 3 aliphatic heterocycles. The summed E-state index contributed by atoms with van der Waals surface area (Å²) < 4.78 is 10.7. The van der Waals surface area contributed by atoms with E-state index >= 15 is 0 Å². The Morgan fingerprint density at radius 1 is 1.10 bits per heavy atom. The van der Waals surface area contributed by atoms with Crippen LogP contribution in [0.3, 0.4) is 0 Å². The van der Waals surface area contributed by atoms with Gasteiger partial charge in [0.05, 0.1) is 5.92 Å². The number of carbonyl (C=O) groups excluding carboxylic acids is 3. The third-order valence-electron chi connectivity index (χ3n) is 6.37. The van der Waals surface area contributed by atoms with Crippen LogP contribution < -0.4 is 14.8 Å². The molecule has 8 heteroatoms. The zero-order chi connectivity index (χ0) is 22.2. The number of ether oxygens (including phenoxy) is 2. The Balaban J connectivity index is 1.24. The van der Waals surface area contributed by atoms with E-state index in [1.165, 1.54) is 0 Å². The van der Waals surface area contributed by atoms with E-state index < -0.39 is 0 Å². The lowest BCUT2D eigenvalue weighted by Crippen LogP contribution is -2.46. The van der Waals surface area contributed by atoms with Crippen molar-refractivity contribution >= 4 is 17.7 Å². The molecule has 8 nitrogen and oxygen atoms in total. The SMILES string of the molecule is CC(C)(C)N1CC(C(=O)N2CCC(C(=O)NCc3ccc4c(c3)OCO4)CC2)CC1=O. The van der Waals surface area contributed by atoms with Gasteiger partial charge >= 0.3 is 0 Å². The predicted molar refractivity (Wildman–Crippen MR) is 113 cm³/mol. The second-order valence-electron chi connectivity index (χ2n) is 9.58. The van der Waals surface area contributed by atoms with E-state index in [-0.39, 0.29) is 48.3 Å². The predicted octanol–water partition coefficient (Wildman–Crippen LogP) is 1.92. The molecule has 1 atom stereocenters. The summed E-state index contributed by atoms with van der Waals surface area (Å²) in [4.78, 5) is 41.5. The summed E-state index contributed by atoms with van der Waals surface area (Å²) in [6.45, 7) is 8.23. The Morgan fingerprint density at radius 2 is 1.81 bits per heavy atom. The van der Waals surface area contributed by atoms with Crippen molar-refractivity contribution in [1.29, 1.82) is 0 Å². The van der Waals surface area contributed by atoms with Crippen LogP contribution >= 0.6 is 0 Å². The van der Waals surface area contributed by atoms with Crippen molar-refractivity contribution in [2.45, 2.75) is 52.1 Å². The highest BCUT2D eigenvalue weighted by Gasteiger charge is 2.41. The number of likely N-dealkylation sites (tertiary alicyclic amines) is 2. The fraction of sp³-hybridized carbons (Fsp3) is 0.609. The quantitative estimate of drug-likeness (QED) is 0.790. The number of fused-ring (bicyclic) bond motifs is 1. The van der Waals surface area contributed by atoms with Crippen molar-refractivity contribution in [3.05, 3.63) is 23.8 Å². The summed E-state index contributed by atoms with van der Waals surface area (Å²) in [5.41, 5.74) is 0.689. The van der Waals surface area contributed by atoms with Crippen LogP contribution in [-0.4, -0.2) is 59.5 Å². The fourth-order valence-electron chi connectivity index (χ4n) is 4.53. The third kappa shape index (κ3) is 4.62. The molecule has 0 saturated carbocycles. The van der Waals surface area contributed by atoms with E-state index in [0.717, 1.165) is 11.3 Å². The van der Waals surface area contributed by atoms with Crippen molar-refractivity contribution in [3.63, 3.8) is 0 Å². The first-order valence-corrected chi connectivity index (χ1v) is 11.0. The number of nitrogens with one attached hydrogen (secondary N) is 1. The summed E-state index contributed by atoms with van der Waals surface area (Å²) in [7, 11) is 0. The average Bonchev–Trinajstić information content (AvgIpc) is 3.37. The highest BCUT2D eigenvalue weighted by Crippen LogP contribution is 2.32. The van der Waals surface area contributed by atoms with Gasteiger partial charge in [0.1, 0.15) is 0 Å². The van der Waals surface area contributed by atoms with E-state index in [0.29, 0.717) is 44.8 Å². The molecule has 0 aromatic heterocycles. The van der Waals surface area contributed by atoms with Gasteiger partial charge < -0.3 is 24.6 Å². The van der Waals surface area contributed by atoms with Crippen LogP contribution in [0.4, 0.5) is 0 Å². The second kappa shape index (κ2) is 8.40. The summed E-state index contributed by atoms with van der Waals surface area (Å²) in [5, 5.41) is 3.00. The fourth-order valence-corrected chi connectivity index (χ4v) is 4.53. The first kappa shape index (κ1) is 21.5. The molecule has 168 valence electrons. The van der Waals surface area contributed by atoms with Crippen LogP contribution in [0, 0.1) is 11.8 Å². The molecule has 1 N–H and O–H groups in total. The maximum Gasteiger partial charge on any atom is 0.231 e. The van der Waals surface area contributed by atoms with Gasteiger partial charge in [-0.2, -0.15) is 0 Å². The van der Waals surface area contributed by atoms with Gasteiger partial charge in [-0.05, 0) is 51.3 Å². The van der Waals surface area contributed by atoms with E-state index in [1.807, 2.05) is 43.9 Å². The maximum absolute atomic E-state index is 12.9. The van der Waals surface area contributed by atoms with Crippen LogP contribution in [0.25, 0.3) is 0 Å². The van der Waals surface area contributed by atoms with Gasteiger partial charge in [0.25, 0.3) is 0 Å². The molecule has 3 heterocycles.